The van der Waals surface area contributed by atoms with Crippen LogP contribution >= 0.6 is 0 Å². The summed E-state index contributed by atoms with van der Waals surface area (Å²) in [5.41, 5.74) is -0.729. The second kappa shape index (κ2) is 6.50. The highest BCUT2D eigenvalue weighted by Crippen LogP contribution is 2.32. The second-order valence-electron chi connectivity index (χ2n) is 3.87. The number of hydrogen-bond donors (Lipinski definition) is 2. The molecule has 0 saturated heterocycles. The molecule has 0 atom stereocenters. The number of esters is 1. The van der Waals surface area contributed by atoms with Crippen LogP contribution in [0.15, 0.2) is 12.1 Å². The molecule has 0 bridgehead atoms. The van der Waals surface area contributed by atoms with Gasteiger partial charge in [0.2, 0.25) is 0 Å². The number of carbonyl (C=O) groups is 2. The van der Waals surface area contributed by atoms with Gasteiger partial charge in [-0.25, -0.2) is 0 Å². The van der Waals surface area contributed by atoms with Crippen molar-refractivity contribution in [3.63, 3.8) is 0 Å². The molecular formula is C12H14N2O6. The van der Waals surface area contributed by atoms with Gasteiger partial charge in [0, 0.05) is 0 Å². The first kappa shape index (κ1) is 15.4. The highest BCUT2D eigenvalue weighted by atomic mass is 16.6. The lowest BCUT2D eigenvalue weighted by atomic mass is 10.1. The van der Waals surface area contributed by atoms with E-state index in [0.717, 1.165) is 0 Å². The monoisotopic (exact) mass is 282 g/mol. The summed E-state index contributed by atoms with van der Waals surface area (Å²) in [7, 11) is 0. The van der Waals surface area contributed by atoms with Crippen molar-refractivity contribution in [2.24, 2.45) is 0 Å². The molecule has 20 heavy (non-hydrogen) atoms. The van der Waals surface area contributed by atoms with Crippen LogP contribution in [0.5, 0.6) is 5.75 Å². The van der Waals surface area contributed by atoms with Crippen molar-refractivity contribution in [2.75, 3.05) is 13.2 Å². The number of phenolic OH excluding ortho intramolecular Hbond substituents is 1. The Morgan fingerprint density at radius 3 is 2.65 bits per heavy atom. The summed E-state index contributed by atoms with van der Waals surface area (Å²) in [6, 6.07) is 2.59. The van der Waals surface area contributed by atoms with Crippen LogP contribution < -0.4 is 5.32 Å². The Morgan fingerprint density at radius 1 is 1.45 bits per heavy atom. The molecule has 1 rings (SSSR count). The first-order valence-electron chi connectivity index (χ1n) is 5.79. The number of rotatable bonds is 5. The van der Waals surface area contributed by atoms with Gasteiger partial charge in [-0.3, -0.25) is 19.7 Å². The Balaban J connectivity index is 2.96. The van der Waals surface area contributed by atoms with Crippen molar-refractivity contribution in [2.45, 2.75) is 13.8 Å². The zero-order chi connectivity index (χ0) is 15.3. The van der Waals surface area contributed by atoms with E-state index >= 15 is 0 Å². The number of carbonyl (C=O) groups excluding carboxylic acids is 2. The summed E-state index contributed by atoms with van der Waals surface area (Å²) in [6.07, 6.45) is 0. The Kier molecular flexibility index (Phi) is 5.01. The lowest BCUT2D eigenvalue weighted by molar-refractivity contribution is -0.386. The summed E-state index contributed by atoms with van der Waals surface area (Å²) in [5, 5.41) is 22.8. The van der Waals surface area contributed by atoms with Gasteiger partial charge in [-0.15, -0.1) is 0 Å². The number of aromatic hydroxyl groups is 1. The summed E-state index contributed by atoms with van der Waals surface area (Å²) >= 11 is 0. The van der Waals surface area contributed by atoms with E-state index in [4.69, 9.17) is 0 Å². The first-order valence-corrected chi connectivity index (χ1v) is 5.79. The molecule has 0 aliphatic carbocycles. The predicted molar refractivity (Wildman–Crippen MR) is 68.5 cm³/mol. The SMILES string of the molecule is CCOC(=O)CNC(=O)c1ccc(C)c(O)c1[N+](=O)[O-]. The van der Waals surface area contributed by atoms with E-state index in [9.17, 15) is 24.8 Å². The number of amides is 1. The number of aryl methyl sites for hydroxylation is 1. The fourth-order valence-electron chi connectivity index (χ4n) is 1.51. The van der Waals surface area contributed by atoms with E-state index in [2.05, 4.69) is 10.1 Å². The third kappa shape index (κ3) is 3.44. The standard InChI is InChI=1S/C12H14N2O6/c1-3-20-9(15)6-13-12(17)8-5-4-7(2)11(16)10(8)14(18)19/h4-5,16H,3,6H2,1-2H3,(H,13,17). The molecule has 0 spiro atoms. The van der Waals surface area contributed by atoms with Gasteiger partial charge in [-0.2, -0.15) is 0 Å². The number of ether oxygens (including phenoxy) is 1. The maximum Gasteiger partial charge on any atom is 0.325 e. The normalized spacial score (nSPS) is 9.90. The lowest BCUT2D eigenvalue weighted by Crippen LogP contribution is -2.31. The molecule has 108 valence electrons. The molecule has 1 amide bonds. The van der Waals surface area contributed by atoms with Crippen molar-refractivity contribution in [3.05, 3.63) is 33.4 Å². The van der Waals surface area contributed by atoms with Gasteiger partial charge in [0.05, 0.1) is 11.5 Å². The third-order valence-electron chi connectivity index (χ3n) is 2.48. The van der Waals surface area contributed by atoms with Gasteiger partial charge in [-0.1, -0.05) is 6.07 Å². The Labute approximate surface area is 114 Å². The number of nitrogens with zero attached hydrogens (tertiary/aromatic N) is 1. The van der Waals surface area contributed by atoms with Crippen molar-refractivity contribution >= 4 is 17.6 Å². The molecule has 0 aromatic heterocycles. The fourth-order valence-corrected chi connectivity index (χ4v) is 1.51. The van der Waals surface area contributed by atoms with Gasteiger partial charge < -0.3 is 15.2 Å². The molecule has 1 aromatic rings. The fraction of sp³-hybridized carbons (Fsp3) is 0.333. The van der Waals surface area contributed by atoms with Gasteiger partial charge in [0.1, 0.15) is 12.1 Å². The van der Waals surface area contributed by atoms with Gasteiger partial charge in [0.25, 0.3) is 5.91 Å². The molecule has 0 aliphatic rings. The van der Waals surface area contributed by atoms with E-state index in [-0.39, 0.29) is 17.7 Å². The number of nitro groups is 1. The highest BCUT2D eigenvalue weighted by Gasteiger charge is 2.26. The van der Waals surface area contributed by atoms with Crippen LogP contribution in [0.2, 0.25) is 0 Å². The average Bonchev–Trinajstić information content (AvgIpc) is 2.38. The predicted octanol–water partition coefficient (Wildman–Crippen LogP) is 0.902. The molecule has 0 saturated carbocycles. The lowest BCUT2D eigenvalue weighted by Gasteiger charge is -2.07. The van der Waals surface area contributed by atoms with Crippen LogP contribution in [-0.4, -0.2) is 35.1 Å². The van der Waals surface area contributed by atoms with E-state index < -0.39 is 34.8 Å². The van der Waals surface area contributed by atoms with Crippen LogP contribution in [0.4, 0.5) is 5.69 Å². The molecule has 0 aliphatic heterocycles. The van der Waals surface area contributed by atoms with E-state index in [1.807, 2.05) is 0 Å². The minimum absolute atomic E-state index is 0.167. The third-order valence-corrected chi connectivity index (χ3v) is 2.48. The van der Waals surface area contributed by atoms with Gasteiger partial charge >= 0.3 is 11.7 Å². The van der Waals surface area contributed by atoms with Crippen molar-refractivity contribution < 1.29 is 24.4 Å². The van der Waals surface area contributed by atoms with E-state index in [1.54, 1.807) is 6.92 Å². The van der Waals surface area contributed by atoms with Gasteiger partial charge in [0.15, 0.2) is 5.75 Å². The maximum absolute atomic E-state index is 11.8. The van der Waals surface area contributed by atoms with E-state index in [0.29, 0.717) is 0 Å². The molecule has 2 N–H and O–H groups in total. The quantitative estimate of drug-likeness (QED) is 0.470. The maximum atomic E-state index is 11.8. The Hall–Kier alpha value is -2.64. The van der Waals surface area contributed by atoms with Gasteiger partial charge in [-0.05, 0) is 25.5 Å². The highest BCUT2D eigenvalue weighted by molar-refractivity contribution is 6.00. The Bertz CT molecular complexity index is 555. The van der Waals surface area contributed by atoms with Crippen LogP contribution in [0.1, 0.15) is 22.8 Å². The minimum Gasteiger partial charge on any atom is -0.502 e. The summed E-state index contributed by atoms with van der Waals surface area (Å²) < 4.78 is 4.61. The van der Waals surface area contributed by atoms with Crippen molar-refractivity contribution in [1.82, 2.24) is 5.32 Å². The molecule has 8 heteroatoms. The van der Waals surface area contributed by atoms with Crippen LogP contribution in [0.25, 0.3) is 0 Å². The molecule has 0 heterocycles. The zero-order valence-electron chi connectivity index (χ0n) is 11.0. The molecule has 8 nitrogen and oxygen atoms in total. The zero-order valence-corrected chi connectivity index (χ0v) is 11.0. The number of phenols is 1. The molecule has 0 radical (unpaired) electrons. The summed E-state index contributed by atoms with van der Waals surface area (Å²) in [5.74, 6) is -2.06. The van der Waals surface area contributed by atoms with Crippen molar-refractivity contribution in [3.8, 4) is 5.75 Å². The molecule has 0 fully saturated rings. The number of nitrogens with one attached hydrogen (secondary N) is 1. The number of hydrogen-bond acceptors (Lipinski definition) is 6. The molecular weight excluding hydrogens is 268 g/mol. The number of benzene rings is 1. The largest absolute Gasteiger partial charge is 0.502 e. The minimum atomic E-state index is -0.846. The van der Waals surface area contributed by atoms with Crippen LogP contribution in [0, 0.1) is 17.0 Å². The smallest absolute Gasteiger partial charge is 0.325 e. The second-order valence-corrected chi connectivity index (χ2v) is 3.87. The molecule has 0 unspecified atom stereocenters. The Morgan fingerprint density at radius 2 is 2.10 bits per heavy atom. The van der Waals surface area contributed by atoms with Crippen molar-refractivity contribution in [1.29, 1.82) is 0 Å². The molecule has 1 aromatic carbocycles. The summed E-state index contributed by atoms with van der Waals surface area (Å²) in [6.45, 7) is 2.85. The first-order chi connectivity index (χ1) is 9.38. The average molecular weight is 282 g/mol. The van der Waals surface area contributed by atoms with E-state index in [1.165, 1.54) is 19.1 Å². The number of nitro benzene ring substituents is 1. The topological polar surface area (TPSA) is 119 Å². The van der Waals surface area contributed by atoms with Crippen LogP contribution in [0.3, 0.4) is 0 Å². The summed E-state index contributed by atoms with van der Waals surface area (Å²) in [4.78, 5) is 33.0. The van der Waals surface area contributed by atoms with Crippen LogP contribution in [-0.2, 0) is 9.53 Å².